The van der Waals surface area contributed by atoms with Crippen molar-refractivity contribution in [2.45, 2.75) is 13.8 Å². The number of urea groups is 1. The minimum Gasteiger partial charge on any atom is -0.497 e. The van der Waals surface area contributed by atoms with E-state index in [4.69, 9.17) is 25.8 Å². The number of carbonyl (C=O) groups excluding carboxylic acids is 4. The van der Waals surface area contributed by atoms with Crippen molar-refractivity contribution in [2.75, 3.05) is 30.5 Å². The Bertz CT molecular complexity index is 1480. The fourth-order valence-electron chi connectivity index (χ4n) is 3.84. The van der Waals surface area contributed by atoms with E-state index < -0.39 is 23.8 Å². The van der Waals surface area contributed by atoms with Crippen molar-refractivity contribution in [3.05, 3.63) is 82.4 Å². The van der Waals surface area contributed by atoms with Crippen molar-refractivity contribution >= 4 is 52.8 Å². The van der Waals surface area contributed by atoms with Crippen LogP contribution in [0.1, 0.15) is 18.1 Å². The highest BCUT2D eigenvalue weighted by Gasteiger charge is 2.37. The number of imide groups is 2. The highest BCUT2D eigenvalue weighted by atomic mass is 35.5. The number of anilines is 2. The Hall–Kier alpha value is -4.83. The zero-order chi connectivity index (χ0) is 28.8. The first-order valence-electron chi connectivity index (χ1n) is 12.2. The molecule has 0 unspecified atom stereocenters. The molecule has 3 aromatic rings. The van der Waals surface area contributed by atoms with Crippen molar-refractivity contribution in [1.29, 1.82) is 0 Å². The molecule has 0 radical (unpaired) electrons. The fraction of sp³-hybridized carbons (Fsp3) is 0.172. The predicted molar refractivity (Wildman–Crippen MR) is 150 cm³/mol. The largest absolute Gasteiger partial charge is 0.497 e. The minimum atomic E-state index is -0.877. The number of halogens is 1. The lowest BCUT2D eigenvalue weighted by Crippen LogP contribution is -2.54. The van der Waals surface area contributed by atoms with Crippen LogP contribution in [0.5, 0.6) is 17.2 Å². The van der Waals surface area contributed by atoms with Gasteiger partial charge in [0.1, 0.15) is 11.3 Å². The number of amides is 5. The minimum absolute atomic E-state index is 0.0905. The van der Waals surface area contributed by atoms with Gasteiger partial charge in [-0.05, 0) is 74.0 Å². The molecule has 0 saturated carbocycles. The Balaban J connectivity index is 1.57. The summed E-state index contributed by atoms with van der Waals surface area (Å²) in [6.07, 6.45) is 1.29. The van der Waals surface area contributed by atoms with Gasteiger partial charge >= 0.3 is 6.03 Å². The Morgan fingerprint density at radius 3 is 2.38 bits per heavy atom. The van der Waals surface area contributed by atoms with Gasteiger partial charge in [-0.25, -0.2) is 9.69 Å². The normalized spacial score (nSPS) is 14.2. The van der Waals surface area contributed by atoms with E-state index in [1.165, 1.54) is 37.5 Å². The number of hydrogen-bond donors (Lipinski definition) is 2. The van der Waals surface area contributed by atoms with E-state index >= 15 is 0 Å². The van der Waals surface area contributed by atoms with E-state index in [2.05, 4.69) is 10.6 Å². The molecule has 1 aliphatic rings. The first kappa shape index (κ1) is 28.2. The number of methoxy groups -OCH3 is 1. The van der Waals surface area contributed by atoms with Crippen molar-refractivity contribution in [3.63, 3.8) is 0 Å². The molecule has 1 fully saturated rings. The zero-order valence-corrected chi connectivity index (χ0v) is 22.7. The molecule has 11 heteroatoms. The molecular weight excluding hydrogens is 538 g/mol. The Morgan fingerprint density at radius 1 is 1.02 bits per heavy atom. The maximum absolute atomic E-state index is 13.2. The smallest absolute Gasteiger partial charge is 0.335 e. The molecule has 0 aromatic heterocycles. The Morgan fingerprint density at radius 2 is 1.73 bits per heavy atom. The number of barbiturate groups is 1. The summed E-state index contributed by atoms with van der Waals surface area (Å²) in [5.41, 5.74) is 1.98. The highest BCUT2D eigenvalue weighted by molar-refractivity contribution is 6.39. The molecule has 1 heterocycles. The zero-order valence-electron chi connectivity index (χ0n) is 21.9. The number of carbonyl (C=O) groups is 4. The number of benzene rings is 3. The molecule has 1 saturated heterocycles. The SMILES string of the molecule is CCOc1cc(/C=C2\C(=O)NC(=O)N(c3ccc(OC)cc3)C2=O)cc(Cl)c1OCC(=O)Nc1ccc(C)cc1. The van der Waals surface area contributed by atoms with E-state index in [9.17, 15) is 19.2 Å². The van der Waals surface area contributed by atoms with Gasteiger partial charge < -0.3 is 19.5 Å². The van der Waals surface area contributed by atoms with Crippen LogP contribution in [0, 0.1) is 6.92 Å². The second kappa shape index (κ2) is 12.4. The van der Waals surface area contributed by atoms with Gasteiger partial charge in [0.15, 0.2) is 18.1 Å². The van der Waals surface area contributed by atoms with Crippen LogP contribution >= 0.6 is 11.6 Å². The summed E-state index contributed by atoms with van der Waals surface area (Å²) in [5.74, 6) is -1.21. The van der Waals surface area contributed by atoms with Gasteiger partial charge in [-0.1, -0.05) is 29.3 Å². The summed E-state index contributed by atoms with van der Waals surface area (Å²) in [7, 11) is 1.49. The van der Waals surface area contributed by atoms with Crippen molar-refractivity contribution < 1.29 is 33.4 Å². The number of nitrogens with one attached hydrogen (secondary N) is 2. The van der Waals surface area contributed by atoms with E-state index in [-0.39, 0.29) is 41.0 Å². The molecular formula is C29H26ClN3O7. The molecule has 3 aromatic carbocycles. The van der Waals surface area contributed by atoms with Crippen LogP contribution in [0.3, 0.4) is 0 Å². The van der Waals surface area contributed by atoms with Gasteiger partial charge in [0.2, 0.25) is 0 Å². The second-order valence-electron chi connectivity index (χ2n) is 8.62. The van der Waals surface area contributed by atoms with Crippen LogP contribution in [0.25, 0.3) is 6.08 Å². The van der Waals surface area contributed by atoms with E-state index in [0.717, 1.165) is 10.5 Å². The monoisotopic (exact) mass is 563 g/mol. The molecule has 0 spiro atoms. The second-order valence-corrected chi connectivity index (χ2v) is 9.03. The summed E-state index contributed by atoms with van der Waals surface area (Å²) in [6, 6.07) is 15.6. The number of rotatable bonds is 9. The average Bonchev–Trinajstić information content (AvgIpc) is 2.92. The quantitative estimate of drug-likeness (QED) is 0.285. The third kappa shape index (κ3) is 6.41. The summed E-state index contributed by atoms with van der Waals surface area (Å²) in [4.78, 5) is 51.6. The number of aryl methyl sites for hydroxylation is 1. The molecule has 5 amide bonds. The standard InChI is InChI=1S/C29H26ClN3O7/c1-4-39-24-15-18(14-23(30)26(24)40-16-25(34)31-19-7-5-17(2)6-8-19)13-22-27(35)32-29(37)33(28(22)36)20-9-11-21(38-3)12-10-20/h5-15H,4,16H2,1-3H3,(H,31,34)(H,32,35,37)/b22-13+. The highest BCUT2D eigenvalue weighted by Crippen LogP contribution is 2.37. The van der Waals surface area contributed by atoms with Gasteiger partial charge in [0.05, 0.1) is 24.4 Å². The molecule has 4 rings (SSSR count). The van der Waals surface area contributed by atoms with Gasteiger partial charge in [-0.15, -0.1) is 0 Å². The third-order valence-electron chi connectivity index (χ3n) is 5.76. The molecule has 0 atom stereocenters. The van der Waals surface area contributed by atoms with Crippen LogP contribution < -0.4 is 29.7 Å². The topological polar surface area (TPSA) is 123 Å². The number of ether oxygens (including phenoxy) is 3. The first-order chi connectivity index (χ1) is 19.2. The van der Waals surface area contributed by atoms with E-state index in [1.54, 1.807) is 31.2 Å². The Kier molecular flexibility index (Phi) is 8.70. The molecule has 0 bridgehead atoms. The van der Waals surface area contributed by atoms with E-state index in [0.29, 0.717) is 17.0 Å². The fourth-order valence-corrected chi connectivity index (χ4v) is 4.11. The molecule has 1 aliphatic heterocycles. The lowest BCUT2D eigenvalue weighted by atomic mass is 10.1. The summed E-state index contributed by atoms with van der Waals surface area (Å²) >= 11 is 6.47. The average molecular weight is 564 g/mol. The van der Waals surface area contributed by atoms with Crippen LogP contribution in [-0.4, -0.2) is 44.1 Å². The van der Waals surface area contributed by atoms with Crippen LogP contribution in [-0.2, 0) is 14.4 Å². The lowest BCUT2D eigenvalue weighted by Gasteiger charge is -2.26. The van der Waals surface area contributed by atoms with Crippen LogP contribution in [0.4, 0.5) is 16.2 Å². The summed E-state index contributed by atoms with van der Waals surface area (Å²) in [5, 5.41) is 5.00. The summed E-state index contributed by atoms with van der Waals surface area (Å²) < 4.78 is 16.5. The molecule has 0 aliphatic carbocycles. The van der Waals surface area contributed by atoms with Gasteiger partial charge in [-0.2, -0.15) is 0 Å². The molecule has 2 N–H and O–H groups in total. The van der Waals surface area contributed by atoms with Crippen molar-refractivity contribution in [1.82, 2.24) is 5.32 Å². The maximum Gasteiger partial charge on any atom is 0.335 e. The van der Waals surface area contributed by atoms with Crippen molar-refractivity contribution in [3.8, 4) is 17.2 Å². The predicted octanol–water partition coefficient (Wildman–Crippen LogP) is 4.74. The molecule has 206 valence electrons. The number of hydrogen-bond acceptors (Lipinski definition) is 7. The van der Waals surface area contributed by atoms with Crippen LogP contribution in [0.2, 0.25) is 5.02 Å². The third-order valence-corrected chi connectivity index (χ3v) is 6.04. The maximum atomic E-state index is 13.2. The lowest BCUT2D eigenvalue weighted by molar-refractivity contribution is -0.122. The number of nitrogens with zero attached hydrogens (tertiary/aromatic N) is 1. The van der Waals surface area contributed by atoms with Crippen molar-refractivity contribution in [2.24, 2.45) is 0 Å². The molecule has 40 heavy (non-hydrogen) atoms. The van der Waals surface area contributed by atoms with Gasteiger partial charge in [0.25, 0.3) is 17.7 Å². The summed E-state index contributed by atoms with van der Waals surface area (Å²) in [6.45, 7) is 3.61. The first-order valence-corrected chi connectivity index (χ1v) is 12.6. The Labute approximate surface area is 235 Å². The van der Waals surface area contributed by atoms with Crippen LogP contribution in [0.15, 0.2) is 66.2 Å². The van der Waals surface area contributed by atoms with E-state index in [1.807, 2.05) is 19.1 Å². The molecule has 10 nitrogen and oxygen atoms in total. The van der Waals surface area contributed by atoms with Gasteiger partial charge in [-0.3, -0.25) is 19.7 Å². The van der Waals surface area contributed by atoms with Gasteiger partial charge in [0, 0.05) is 5.69 Å².